The molecule has 0 aliphatic heterocycles. The van der Waals surface area contributed by atoms with Crippen molar-refractivity contribution >= 4 is 12.2 Å². The molecule has 4 rings (SSSR count). The third-order valence-electron chi connectivity index (χ3n) is 4.45. The van der Waals surface area contributed by atoms with Crippen LogP contribution in [-0.2, 0) is 21.9 Å². The molecular formula is C12H17CuNO2. The Kier molecular flexibility index (Phi) is 3.15. The summed E-state index contributed by atoms with van der Waals surface area (Å²) in [6.07, 6.45) is 8.69. The van der Waals surface area contributed by atoms with Crippen LogP contribution in [0.25, 0.3) is 0 Å². The molecule has 16 heavy (non-hydrogen) atoms. The Morgan fingerprint density at radius 2 is 1.56 bits per heavy atom. The van der Waals surface area contributed by atoms with E-state index < -0.39 is 5.97 Å². The van der Waals surface area contributed by atoms with Crippen LogP contribution in [0.5, 0.6) is 0 Å². The van der Waals surface area contributed by atoms with Crippen molar-refractivity contribution in [2.75, 3.05) is 0 Å². The van der Waals surface area contributed by atoms with Crippen molar-refractivity contribution < 1.29 is 27.0 Å². The van der Waals surface area contributed by atoms with Crippen LogP contribution in [0.4, 0.5) is 0 Å². The van der Waals surface area contributed by atoms with E-state index in [1.807, 2.05) is 0 Å². The van der Waals surface area contributed by atoms with Gasteiger partial charge in [0, 0.05) is 17.1 Å². The average Bonchev–Trinajstić information content (AvgIpc) is 2.12. The second-order valence-electron chi connectivity index (χ2n) is 5.74. The maximum Gasteiger partial charge on any atom is 0.346 e. The van der Waals surface area contributed by atoms with Gasteiger partial charge in [-0.1, -0.05) is 0 Å². The SMILES string of the molecule is O=C(O)C=NC12CC3CC(CC(C3)C1)C2.[Cu]. The molecule has 0 atom stereocenters. The van der Waals surface area contributed by atoms with Crippen LogP contribution in [0.3, 0.4) is 0 Å². The van der Waals surface area contributed by atoms with E-state index in [1.54, 1.807) is 0 Å². The molecule has 3 nitrogen and oxygen atoms in total. The zero-order chi connectivity index (χ0) is 10.5. The summed E-state index contributed by atoms with van der Waals surface area (Å²) in [4.78, 5) is 14.9. The molecule has 4 heteroatoms. The Morgan fingerprint density at radius 3 is 1.94 bits per heavy atom. The van der Waals surface area contributed by atoms with Gasteiger partial charge in [0.2, 0.25) is 0 Å². The van der Waals surface area contributed by atoms with Crippen molar-refractivity contribution in [2.45, 2.75) is 44.1 Å². The molecule has 0 aromatic heterocycles. The summed E-state index contributed by atoms with van der Waals surface area (Å²) < 4.78 is 0. The Balaban J connectivity index is 0.000000963. The Morgan fingerprint density at radius 1 is 1.12 bits per heavy atom. The molecule has 0 amide bonds. The summed E-state index contributed by atoms with van der Waals surface area (Å²) in [7, 11) is 0. The second kappa shape index (κ2) is 4.15. The molecule has 4 aliphatic rings. The third-order valence-corrected chi connectivity index (χ3v) is 4.45. The van der Waals surface area contributed by atoms with E-state index in [-0.39, 0.29) is 22.6 Å². The zero-order valence-electron chi connectivity index (χ0n) is 9.16. The van der Waals surface area contributed by atoms with Crippen LogP contribution < -0.4 is 0 Å². The molecule has 4 saturated carbocycles. The second-order valence-corrected chi connectivity index (χ2v) is 5.74. The fourth-order valence-electron chi connectivity index (χ4n) is 4.42. The van der Waals surface area contributed by atoms with Crippen LogP contribution >= 0.6 is 0 Å². The standard InChI is InChI=1S/C12H17NO2.Cu/c14-11(15)7-13-12-4-8-1-9(5-12)3-10(2-8)6-12;/h7-10H,1-6H2,(H,14,15);. The predicted octanol–water partition coefficient (Wildman–Crippen LogP) is 2.11. The number of carbonyl (C=O) groups is 1. The summed E-state index contributed by atoms with van der Waals surface area (Å²) >= 11 is 0. The molecule has 0 saturated heterocycles. The van der Waals surface area contributed by atoms with Crippen LogP contribution in [-0.4, -0.2) is 22.8 Å². The van der Waals surface area contributed by atoms with Gasteiger partial charge >= 0.3 is 5.97 Å². The molecule has 93 valence electrons. The molecule has 0 unspecified atom stereocenters. The Labute approximate surface area is 106 Å². The Bertz CT molecular complexity index is 292. The van der Waals surface area contributed by atoms with Gasteiger partial charge in [-0.15, -0.1) is 0 Å². The topological polar surface area (TPSA) is 49.7 Å². The van der Waals surface area contributed by atoms with Crippen LogP contribution in [0.15, 0.2) is 4.99 Å². The third kappa shape index (κ3) is 2.05. The molecule has 1 radical (unpaired) electrons. The first-order valence-electron chi connectivity index (χ1n) is 5.93. The average molecular weight is 271 g/mol. The normalized spacial score (nSPS) is 44.6. The van der Waals surface area contributed by atoms with Crippen LogP contribution in [0.1, 0.15) is 38.5 Å². The summed E-state index contributed by atoms with van der Waals surface area (Å²) in [5, 5.41) is 8.67. The van der Waals surface area contributed by atoms with E-state index in [4.69, 9.17) is 5.11 Å². The van der Waals surface area contributed by atoms with Gasteiger partial charge in [-0.05, 0) is 56.3 Å². The fraction of sp³-hybridized carbons (Fsp3) is 0.833. The van der Waals surface area contributed by atoms with Gasteiger partial charge in [0.15, 0.2) is 0 Å². The monoisotopic (exact) mass is 270 g/mol. The zero-order valence-corrected chi connectivity index (χ0v) is 10.1. The summed E-state index contributed by atoms with van der Waals surface area (Å²) in [5.74, 6) is 1.61. The fourth-order valence-corrected chi connectivity index (χ4v) is 4.42. The minimum atomic E-state index is -0.897. The first-order valence-corrected chi connectivity index (χ1v) is 5.93. The van der Waals surface area contributed by atoms with Gasteiger partial charge in [0.05, 0.1) is 5.54 Å². The number of hydrogen-bond donors (Lipinski definition) is 1. The van der Waals surface area contributed by atoms with E-state index in [0.717, 1.165) is 43.2 Å². The van der Waals surface area contributed by atoms with Crippen molar-refractivity contribution in [1.29, 1.82) is 0 Å². The molecule has 0 spiro atoms. The maximum atomic E-state index is 10.5. The molecule has 0 aromatic carbocycles. The minimum Gasteiger partial charge on any atom is -0.477 e. The number of aliphatic carboxylic acids is 1. The first-order chi connectivity index (χ1) is 7.15. The van der Waals surface area contributed by atoms with Crippen molar-refractivity contribution in [1.82, 2.24) is 0 Å². The molecular weight excluding hydrogens is 254 g/mol. The molecule has 4 bridgehead atoms. The van der Waals surface area contributed by atoms with E-state index in [9.17, 15) is 4.79 Å². The number of rotatable bonds is 2. The summed E-state index contributed by atoms with van der Waals surface area (Å²) in [6, 6.07) is 0. The largest absolute Gasteiger partial charge is 0.477 e. The van der Waals surface area contributed by atoms with Gasteiger partial charge in [-0.3, -0.25) is 4.99 Å². The van der Waals surface area contributed by atoms with E-state index in [1.165, 1.54) is 19.3 Å². The smallest absolute Gasteiger partial charge is 0.346 e. The van der Waals surface area contributed by atoms with Crippen molar-refractivity contribution in [3.05, 3.63) is 0 Å². The molecule has 1 N–H and O–H groups in total. The summed E-state index contributed by atoms with van der Waals surface area (Å²) in [5.41, 5.74) is 0.0210. The van der Waals surface area contributed by atoms with Gasteiger partial charge < -0.3 is 5.11 Å². The van der Waals surface area contributed by atoms with Gasteiger partial charge in [0.25, 0.3) is 0 Å². The number of nitrogens with zero attached hydrogens (tertiary/aromatic N) is 1. The minimum absolute atomic E-state index is 0. The maximum absolute atomic E-state index is 10.5. The van der Waals surface area contributed by atoms with E-state index >= 15 is 0 Å². The molecule has 4 fully saturated rings. The van der Waals surface area contributed by atoms with Crippen molar-refractivity contribution in [3.63, 3.8) is 0 Å². The van der Waals surface area contributed by atoms with E-state index in [0.29, 0.717) is 0 Å². The first kappa shape index (κ1) is 12.1. The quantitative estimate of drug-likeness (QED) is 0.617. The predicted molar refractivity (Wildman–Crippen MR) is 57.0 cm³/mol. The molecule has 4 aliphatic carbocycles. The number of aliphatic imine (C=N–C) groups is 1. The summed E-state index contributed by atoms with van der Waals surface area (Å²) in [6.45, 7) is 0. The number of carboxylic acid groups (broad SMARTS) is 1. The van der Waals surface area contributed by atoms with Crippen LogP contribution in [0.2, 0.25) is 0 Å². The van der Waals surface area contributed by atoms with Gasteiger partial charge in [-0.25, -0.2) is 4.79 Å². The number of hydrogen-bond acceptors (Lipinski definition) is 2. The molecule has 0 heterocycles. The van der Waals surface area contributed by atoms with Crippen LogP contribution in [0, 0.1) is 17.8 Å². The Hall–Kier alpha value is -0.341. The molecule has 0 aromatic rings. The van der Waals surface area contributed by atoms with Gasteiger partial charge in [-0.2, -0.15) is 0 Å². The van der Waals surface area contributed by atoms with Gasteiger partial charge in [0.1, 0.15) is 6.21 Å². The van der Waals surface area contributed by atoms with Crippen molar-refractivity contribution in [3.8, 4) is 0 Å². The number of carboxylic acids is 1. The van der Waals surface area contributed by atoms with E-state index in [2.05, 4.69) is 4.99 Å². The van der Waals surface area contributed by atoms with Crippen molar-refractivity contribution in [2.24, 2.45) is 22.7 Å².